The van der Waals surface area contributed by atoms with Gasteiger partial charge in [-0.1, -0.05) is 26.0 Å². The largest absolute Gasteiger partial charge is 0.342 e. The molecule has 0 amide bonds. The highest BCUT2D eigenvalue weighted by atomic mass is 16.6. The Hall–Kier alpha value is -2.96. The maximum Gasteiger partial charge on any atom is 0.269 e. The van der Waals surface area contributed by atoms with Gasteiger partial charge in [-0.2, -0.15) is 5.10 Å². The van der Waals surface area contributed by atoms with Gasteiger partial charge in [0.05, 0.1) is 4.92 Å². The van der Waals surface area contributed by atoms with Crippen LogP contribution in [0.15, 0.2) is 35.5 Å². The number of Topliss-reactive ketones (excluding diaryl/α,β-unsaturated/α-hetero) is 1. The van der Waals surface area contributed by atoms with Gasteiger partial charge < -0.3 is 5.32 Å². The lowest BCUT2D eigenvalue weighted by molar-refractivity contribution is -0.384. The number of nitrogens with one attached hydrogen (secondary N) is 2. The molecule has 2 aromatic rings. The fraction of sp³-hybridized carbons (Fsp3) is 0.368. The molecule has 1 aliphatic carbocycles. The summed E-state index contributed by atoms with van der Waals surface area (Å²) in [6.45, 7) is 6.05. The first-order valence-electron chi connectivity index (χ1n) is 8.59. The van der Waals surface area contributed by atoms with E-state index >= 15 is 0 Å². The lowest BCUT2D eigenvalue weighted by Gasteiger charge is -2.38. The average Bonchev–Trinajstić information content (AvgIpc) is 2.92. The Labute approximate surface area is 150 Å². The molecule has 2 aliphatic rings. The molecule has 1 aromatic heterocycles. The van der Waals surface area contributed by atoms with Crippen molar-refractivity contribution in [2.75, 3.05) is 5.32 Å². The van der Waals surface area contributed by atoms with Gasteiger partial charge in [0.15, 0.2) is 11.6 Å². The van der Waals surface area contributed by atoms with Crippen molar-refractivity contribution in [3.8, 4) is 0 Å². The maximum atomic E-state index is 13.0. The SMILES string of the molecule is Cc1[nH]nc2c1[C@H](c1cccc([N+](=O)[O-])c1)C1=C(CC(C)(C)CC1=O)N2. The highest BCUT2D eigenvalue weighted by molar-refractivity contribution is 6.01. The van der Waals surface area contributed by atoms with Crippen molar-refractivity contribution in [2.45, 2.75) is 39.5 Å². The molecule has 0 saturated heterocycles. The standard InChI is InChI=1S/C19H20N4O3/c1-10-15-16(11-5-4-6-12(7-11)23(25)26)17-13(20-18(15)22-21-10)8-19(2,3)9-14(17)24/h4-7,16H,8-9H2,1-3H3,(H2,20,21,22)/t16-/m0/s1. The van der Waals surface area contributed by atoms with E-state index in [0.717, 1.165) is 28.9 Å². The molecular formula is C19H20N4O3. The van der Waals surface area contributed by atoms with Gasteiger partial charge in [-0.3, -0.25) is 20.0 Å². The molecule has 0 unspecified atom stereocenters. The van der Waals surface area contributed by atoms with Crippen LogP contribution in [0, 0.1) is 22.5 Å². The van der Waals surface area contributed by atoms with Gasteiger partial charge in [0.25, 0.3) is 5.69 Å². The third-order valence-electron chi connectivity index (χ3n) is 5.18. The summed E-state index contributed by atoms with van der Waals surface area (Å²) in [5, 5.41) is 21.9. The van der Waals surface area contributed by atoms with Crippen molar-refractivity contribution in [3.63, 3.8) is 0 Å². The second kappa shape index (κ2) is 5.52. The Kier molecular flexibility index (Phi) is 3.50. The minimum absolute atomic E-state index is 0.0227. The minimum atomic E-state index is -0.408. The zero-order valence-corrected chi connectivity index (χ0v) is 14.9. The van der Waals surface area contributed by atoms with E-state index in [0.29, 0.717) is 17.8 Å². The summed E-state index contributed by atoms with van der Waals surface area (Å²) in [6.07, 6.45) is 1.20. The van der Waals surface area contributed by atoms with Gasteiger partial charge in [0.2, 0.25) is 0 Å². The Morgan fingerprint density at radius 2 is 2.08 bits per heavy atom. The smallest absolute Gasteiger partial charge is 0.269 e. The number of nitro benzene ring substituents is 1. The Bertz CT molecular complexity index is 971. The first-order valence-corrected chi connectivity index (χ1v) is 8.59. The van der Waals surface area contributed by atoms with Crippen molar-refractivity contribution < 1.29 is 9.72 Å². The fourth-order valence-electron chi connectivity index (χ4n) is 4.11. The molecule has 0 fully saturated rings. The molecule has 1 atom stereocenters. The minimum Gasteiger partial charge on any atom is -0.342 e. The molecule has 2 N–H and O–H groups in total. The molecule has 0 saturated carbocycles. The number of ketones is 1. The molecule has 4 rings (SSSR count). The molecule has 1 aromatic carbocycles. The molecule has 7 heteroatoms. The van der Waals surface area contributed by atoms with Crippen LogP contribution >= 0.6 is 0 Å². The van der Waals surface area contributed by atoms with Crippen molar-refractivity contribution in [2.24, 2.45) is 5.41 Å². The van der Waals surface area contributed by atoms with Gasteiger partial charge in [0, 0.05) is 47.0 Å². The predicted molar refractivity (Wildman–Crippen MR) is 96.9 cm³/mol. The van der Waals surface area contributed by atoms with Gasteiger partial charge in [0.1, 0.15) is 0 Å². The number of carbonyl (C=O) groups is 1. The monoisotopic (exact) mass is 352 g/mol. The van der Waals surface area contributed by atoms with E-state index in [2.05, 4.69) is 29.4 Å². The molecule has 1 aliphatic heterocycles. The number of carbonyl (C=O) groups excluding carboxylic acids is 1. The second-order valence-electron chi connectivity index (χ2n) is 7.85. The first kappa shape index (κ1) is 16.5. The molecule has 26 heavy (non-hydrogen) atoms. The van der Waals surface area contributed by atoms with E-state index in [1.165, 1.54) is 6.07 Å². The molecule has 0 radical (unpaired) electrons. The normalized spacial score (nSPS) is 21.0. The van der Waals surface area contributed by atoms with Gasteiger partial charge in [-0.05, 0) is 24.3 Å². The molecule has 0 spiro atoms. The number of nitrogens with zero attached hydrogens (tertiary/aromatic N) is 2. The quantitative estimate of drug-likeness (QED) is 0.632. The lowest BCUT2D eigenvalue weighted by Crippen LogP contribution is -2.33. The van der Waals surface area contributed by atoms with Crippen LogP contribution in [0.25, 0.3) is 0 Å². The molecule has 0 bridgehead atoms. The van der Waals surface area contributed by atoms with E-state index in [9.17, 15) is 14.9 Å². The summed E-state index contributed by atoms with van der Waals surface area (Å²) in [4.78, 5) is 23.8. The number of hydrogen-bond acceptors (Lipinski definition) is 5. The zero-order chi connectivity index (χ0) is 18.6. The van der Waals surface area contributed by atoms with Crippen LogP contribution in [0.1, 0.15) is 49.4 Å². The van der Waals surface area contributed by atoms with Crippen LogP contribution in [-0.4, -0.2) is 20.9 Å². The summed E-state index contributed by atoms with van der Waals surface area (Å²) < 4.78 is 0. The molecule has 134 valence electrons. The third-order valence-corrected chi connectivity index (χ3v) is 5.18. The van der Waals surface area contributed by atoms with Gasteiger partial charge in [-0.25, -0.2) is 0 Å². The highest BCUT2D eigenvalue weighted by Crippen LogP contribution is 2.49. The number of fused-ring (bicyclic) bond motifs is 1. The van der Waals surface area contributed by atoms with E-state index in [4.69, 9.17) is 0 Å². The first-order chi connectivity index (χ1) is 12.3. The van der Waals surface area contributed by atoms with Crippen LogP contribution in [0.5, 0.6) is 0 Å². The number of hydrogen-bond donors (Lipinski definition) is 2. The summed E-state index contributed by atoms with van der Waals surface area (Å²) in [5.74, 6) is 0.443. The fourth-order valence-corrected chi connectivity index (χ4v) is 4.11. The number of anilines is 1. The highest BCUT2D eigenvalue weighted by Gasteiger charge is 2.42. The Morgan fingerprint density at radius 1 is 1.31 bits per heavy atom. The third kappa shape index (κ3) is 2.51. The molecule has 2 heterocycles. The second-order valence-corrected chi connectivity index (χ2v) is 7.85. The summed E-state index contributed by atoms with van der Waals surface area (Å²) >= 11 is 0. The van der Waals surface area contributed by atoms with E-state index in [-0.39, 0.29) is 22.8 Å². The Balaban J connectivity index is 1.94. The number of H-pyrrole nitrogens is 1. The number of aromatic amines is 1. The average molecular weight is 352 g/mol. The summed E-state index contributed by atoms with van der Waals surface area (Å²) in [7, 11) is 0. The number of non-ortho nitro benzene ring substituents is 1. The van der Waals surface area contributed by atoms with Crippen LogP contribution in [0.4, 0.5) is 11.5 Å². The number of nitro groups is 1. The zero-order valence-electron chi connectivity index (χ0n) is 14.9. The van der Waals surface area contributed by atoms with Crippen molar-refractivity contribution in [1.82, 2.24) is 10.2 Å². The van der Waals surface area contributed by atoms with Gasteiger partial charge >= 0.3 is 0 Å². The van der Waals surface area contributed by atoms with Crippen LogP contribution in [-0.2, 0) is 4.79 Å². The van der Waals surface area contributed by atoms with Crippen molar-refractivity contribution in [3.05, 3.63) is 62.5 Å². The maximum absolute atomic E-state index is 13.0. The van der Waals surface area contributed by atoms with Crippen molar-refractivity contribution >= 4 is 17.3 Å². The summed E-state index contributed by atoms with van der Waals surface area (Å²) in [6, 6.07) is 6.54. The van der Waals surface area contributed by atoms with Crippen molar-refractivity contribution in [1.29, 1.82) is 0 Å². The topological polar surface area (TPSA) is 101 Å². The molecule has 7 nitrogen and oxygen atoms in total. The number of allylic oxidation sites excluding steroid dienone is 2. The number of benzene rings is 1. The molecular weight excluding hydrogens is 332 g/mol. The number of aryl methyl sites for hydroxylation is 1. The lowest BCUT2D eigenvalue weighted by atomic mass is 9.69. The van der Waals surface area contributed by atoms with Crippen LogP contribution in [0.3, 0.4) is 0 Å². The van der Waals surface area contributed by atoms with Gasteiger partial charge in [-0.15, -0.1) is 0 Å². The van der Waals surface area contributed by atoms with E-state index < -0.39 is 4.92 Å². The predicted octanol–water partition coefficient (Wildman–Crippen LogP) is 3.83. The summed E-state index contributed by atoms with van der Waals surface area (Å²) in [5.41, 5.74) is 3.97. The number of aromatic nitrogens is 2. The number of rotatable bonds is 2. The Morgan fingerprint density at radius 3 is 2.81 bits per heavy atom. The van der Waals surface area contributed by atoms with E-state index in [1.54, 1.807) is 12.1 Å². The van der Waals surface area contributed by atoms with Crippen LogP contribution < -0.4 is 5.32 Å². The van der Waals surface area contributed by atoms with E-state index in [1.807, 2.05) is 13.0 Å². The van der Waals surface area contributed by atoms with Crippen LogP contribution in [0.2, 0.25) is 0 Å².